The van der Waals surface area contributed by atoms with Gasteiger partial charge in [-0.25, -0.2) is 9.59 Å². The SMILES string of the molecule is O=C(O[C@H]1CCCCc2ccc(cc2)CCCC[C@H]1OC(=O)c1ccc([N+](=O)[O-])cc1)c1ccc([N+](=O)[O-])cc1. The van der Waals surface area contributed by atoms with Gasteiger partial charge < -0.3 is 9.47 Å². The van der Waals surface area contributed by atoms with Gasteiger partial charge in [0.25, 0.3) is 11.4 Å². The predicted molar refractivity (Wildman–Crippen MR) is 146 cm³/mol. The van der Waals surface area contributed by atoms with Crippen LogP contribution in [0.1, 0.15) is 70.4 Å². The summed E-state index contributed by atoms with van der Waals surface area (Å²) >= 11 is 0. The third-order valence-electron chi connectivity index (χ3n) is 6.99. The van der Waals surface area contributed by atoms with Gasteiger partial charge in [0.1, 0.15) is 12.2 Å². The van der Waals surface area contributed by atoms with E-state index in [1.54, 1.807) is 0 Å². The molecule has 3 aromatic carbocycles. The number of benzene rings is 3. The number of carbonyl (C=O) groups is 2. The van der Waals surface area contributed by atoms with Crippen molar-refractivity contribution in [2.75, 3.05) is 0 Å². The molecule has 0 aromatic heterocycles. The number of hydrogen-bond acceptors (Lipinski definition) is 8. The number of nitro groups is 2. The molecule has 0 spiro atoms. The summed E-state index contributed by atoms with van der Waals surface area (Å²) < 4.78 is 11.8. The molecule has 0 heterocycles. The van der Waals surface area contributed by atoms with Gasteiger partial charge in [0.05, 0.1) is 21.0 Å². The van der Waals surface area contributed by atoms with Crippen LogP contribution in [0.25, 0.3) is 0 Å². The molecule has 2 aliphatic carbocycles. The van der Waals surface area contributed by atoms with Crippen molar-refractivity contribution in [2.24, 2.45) is 0 Å². The van der Waals surface area contributed by atoms with Gasteiger partial charge in [-0.15, -0.1) is 0 Å². The number of fused-ring (bicyclic) bond motifs is 11. The maximum absolute atomic E-state index is 13.1. The van der Waals surface area contributed by atoms with Crippen LogP contribution in [0.2, 0.25) is 0 Å². The Morgan fingerprint density at radius 2 is 0.925 bits per heavy atom. The van der Waals surface area contributed by atoms with Crippen LogP contribution in [-0.4, -0.2) is 34.0 Å². The van der Waals surface area contributed by atoms with Crippen LogP contribution < -0.4 is 0 Å². The van der Waals surface area contributed by atoms with Crippen molar-refractivity contribution in [3.63, 3.8) is 0 Å². The molecule has 0 saturated carbocycles. The highest BCUT2D eigenvalue weighted by Gasteiger charge is 2.30. The largest absolute Gasteiger partial charge is 0.455 e. The molecule has 2 atom stereocenters. The van der Waals surface area contributed by atoms with Crippen LogP contribution in [0.3, 0.4) is 0 Å². The number of ether oxygens (including phenoxy) is 2. The minimum absolute atomic E-state index is 0.141. The number of aryl methyl sites for hydroxylation is 2. The van der Waals surface area contributed by atoms with Crippen LogP contribution in [0.15, 0.2) is 72.8 Å². The zero-order chi connectivity index (χ0) is 28.5. The van der Waals surface area contributed by atoms with E-state index in [0.29, 0.717) is 25.7 Å². The van der Waals surface area contributed by atoms with Gasteiger partial charge in [-0.1, -0.05) is 24.3 Å². The number of hydrogen-bond donors (Lipinski definition) is 0. The third-order valence-corrected chi connectivity index (χ3v) is 6.99. The molecule has 208 valence electrons. The van der Waals surface area contributed by atoms with Crippen molar-refractivity contribution >= 4 is 23.3 Å². The van der Waals surface area contributed by atoms with Gasteiger partial charge in [-0.05, 0) is 86.8 Å². The van der Waals surface area contributed by atoms with E-state index in [1.807, 2.05) is 0 Å². The Morgan fingerprint density at radius 3 is 1.25 bits per heavy atom. The van der Waals surface area contributed by atoms with E-state index in [4.69, 9.17) is 9.47 Å². The Labute approximate surface area is 231 Å². The van der Waals surface area contributed by atoms with Crippen molar-refractivity contribution in [3.05, 3.63) is 115 Å². The number of esters is 2. The van der Waals surface area contributed by atoms with Gasteiger partial charge in [-0.3, -0.25) is 20.2 Å². The topological polar surface area (TPSA) is 139 Å². The molecule has 0 N–H and O–H groups in total. The van der Waals surface area contributed by atoms with E-state index < -0.39 is 34.0 Å². The first-order valence-electron chi connectivity index (χ1n) is 13.3. The fourth-order valence-electron chi connectivity index (χ4n) is 4.71. The van der Waals surface area contributed by atoms with E-state index >= 15 is 0 Å². The standard InChI is InChI=1S/C30H30N2O8/c33-29(23-13-17-25(18-14-23)31(35)36)39-27-7-3-1-5-21-9-11-22(12-10-21)6-2-4-8-28(27)40-30(34)24-15-19-26(20-16-24)32(37)38/h9-20,27-28H,1-8H2/t27-,28+. The Morgan fingerprint density at radius 1 is 0.575 bits per heavy atom. The number of carbonyl (C=O) groups excluding carboxylic acids is 2. The highest BCUT2D eigenvalue weighted by molar-refractivity contribution is 5.90. The maximum atomic E-state index is 13.1. The Hall–Kier alpha value is -4.60. The number of non-ortho nitro benzene ring substituents is 2. The van der Waals surface area contributed by atoms with Crippen LogP contribution in [0.5, 0.6) is 0 Å². The normalized spacial score (nSPS) is 17.8. The Balaban J connectivity index is 1.54. The van der Waals surface area contributed by atoms with Crippen molar-refractivity contribution < 1.29 is 28.9 Å². The van der Waals surface area contributed by atoms with Gasteiger partial charge >= 0.3 is 11.9 Å². The van der Waals surface area contributed by atoms with Gasteiger partial charge in [0, 0.05) is 24.3 Å². The molecular weight excluding hydrogens is 516 g/mol. The fourth-order valence-corrected chi connectivity index (χ4v) is 4.71. The second-order valence-electron chi connectivity index (χ2n) is 9.80. The lowest BCUT2D eigenvalue weighted by Crippen LogP contribution is -2.35. The summed E-state index contributed by atoms with van der Waals surface area (Å²) in [4.78, 5) is 47.0. The highest BCUT2D eigenvalue weighted by Crippen LogP contribution is 2.24. The number of nitrogens with zero attached hydrogens (tertiary/aromatic N) is 2. The fraction of sp³-hybridized carbons (Fsp3) is 0.333. The van der Waals surface area contributed by atoms with E-state index in [0.717, 1.165) is 25.7 Å². The minimum Gasteiger partial charge on any atom is -0.455 e. The third kappa shape index (κ3) is 7.72. The summed E-state index contributed by atoms with van der Waals surface area (Å²) in [5, 5.41) is 22.0. The lowest BCUT2D eigenvalue weighted by Gasteiger charge is -2.27. The summed E-state index contributed by atoms with van der Waals surface area (Å²) in [6.45, 7) is 0. The van der Waals surface area contributed by atoms with Crippen molar-refractivity contribution in [1.82, 2.24) is 0 Å². The molecule has 0 aliphatic heterocycles. The molecule has 2 bridgehead atoms. The second-order valence-corrected chi connectivity index (χ2v) is 9.80. The monoisotopic (exact) mass is 546 g/mol. The van der Waals surface area contributed by atoms with E-state index in [-0.39, 0.29) is 22.5 Å². The quantitative estimate of drug-likeness (QED) is 0.197. The predicted octanol–water partition coefficient (Wildman–Crippen LogP) is 6.39. The highest BCUT2D eigenvalue weighted by atomic mass is 16.6. The molecule has 10 nitrogen and oxygen atoms in total. The summed E-state index contributed by atoms with van der Waals surface area (Å²) in [5.41, 5.74) is 2.48. The molecule has 2 aliphatic rings. The van der Waals surface area contributed by atoms with Crippen LogP contribution in [-0.2, 0) is 22.3 Å². The van der Waals surface area contributed by atoms with Gasteiger partial charge in [0.2, 0.25) is 0 Å². The molecule has 0 radical (unpaired) electrons. The van der Waals surface area contributed by atoms with Gasteiger partial charge in [0.15, 0.2) is 0 Å². The molecule has 0 unspecified atom stereocenters. The molecular formula is C30H30N2O8. The average molecular weight is 547 g/mol. The molecule has 5 rings (SSSR count). The average Bonchev–Trinajstić information content (AvgIpc) is 2.96. The molecule has 0 saturated heterocycles. The number of nitro benzene ring substituents is 2. The molecule has 0 fully saturated rings. The molecule has 40 heavy (non-hydrogen) atoms. The Kier molecular flexibility index (Phi) is 9.56. The van der Waals surface area contributed by atoms with Crippen LogP contribution >= 0.6 is 0 Å². The minimum atomic E-state index is -0.742. The van der Waals surface area contributed by atoms with Crippen LogP contribution in [0.4, 0.5) is 11.4 Å². The summed E-state index contributed by atoms with van der Waals surface area (Å²) in [5.74, 6) is -1.32. The zero-order valence-corrected chi connectivity index (χ0v) is 21.9. The van der Waals surface area contributed by atoms with E-state index in [2.05, 4.69) is 24.3 Å². The second kappa shape index (κ2) is 13.5. The van der Waals surface area contributed by atoms with Crippen molar-refractivity contribution in [3.8, 4) is 0 Å². The smallest absolute Gasteiger partial charge is 0.338 e. The van der Waals surface area contributed by atoms with E-state index in [1.165, 1.54) is 59.7 Å². The zero-order valence-electron chi connectivity index (χ0n) is 21.9. The van der Waals surface area contributed by atoms with Crippen LogP contribution in [0, 0.1) is 20.2 Å². The van der Waals surface area contributed by atoms with Crippen molar-refractivity contribution in [1.29, 1.82) is 0 Å². The molecule has 10 heteroatoms. The van der Waals surface area contributed by atoms with Gasteiger partial charge in [-0.2, -0.15) is 0 Å². The lowest BCUT2D eigenvalue weighted by atomic mass is 9.96. The molecule has 3 aromatic rings. The summed E-state index contributed by atoms with van der Waals surface area (Å²) in [7, 11) is 0. The van der Waals surface area contributed by atoms with Crippen molar-refractivity contribution in [2.45, 2.75) is 63.6 Å². The first-order chi connectivity index (χ1) is 19.3. The lowest BCUT2D eigenvalue weighted by molar-refractivity contribution is -0.385. The first kappa shape index (κ1) is 28.4. The van der Waals surface area contributed by atoms with E-state index in [9.17, 15) is 29.8 Å². The first-order valence-corrected chi connectivity index (χ1v) is 13.3. The Bertz CT molecular complexity index is 1230. The molecule has 0 amide bonds. The summed E-state index contributed by atoms with van der Waals surface area (Å²) in [6.07, 6.45) is 4.25. The summed E-state index contributed by atoms with van der Waals surface area (Å²) in [6, 6.07) is 18.9. The maximum Gasteiger partial charge on any atom is 0.338 e. The number of rotatable bonds is 6.